The van der Waals surface area contributed by atoms with Crippen molar-refractivity contribution in [3.05, 3.63) is 75.7 Å². The molecule has 148 valence electrons. The second-order valence-corrected chi connectivity index (χ2v) is 8.21. The first-order valence-corrected chi connectivity index (χ1v) is 10.3. The highest BCUT2D eigenvalue weighted by molar-refractivity contribution is 7.09. The van der Waals surface area contributed by atoms with Gasteiger partial charge in [0, 0.05) is 36.9 Å². The van der Waals surface area contributed by atoms with Crippen molar-refractivity contribution in [3.8, 4) is 0 Å². The Morgan fingerprint density at radius 1 is 1.21 bits per heavy atom. The van der Waals surface area contributed by atoms with Gasteiger partial charge in [0.15, 0.2) is 5.65 Å². The van der Waals surface area contributed by atoms with E-state index in [2.05, 4.69) is 21.5 Å². The molecular formula is C22H23N5OS. The van der Waals surface area contributed by atoms with Crippen molar-refractivity contribution >= 4 is 34.0 Å². The molecule has 4 rings (SSSR count). The average Bonchev–Trinajstić information content (AvgIpc) is 3.36. The smallest absolute Gasteiger partial charge is 0.252 e. The van der Waals surface area contributed by atoms with Crippen LogP contribution >= 0.6 is 11.3 Å². The highest BCUT2D eigenvalue weighted by atomic mass is 32.1. The van der Waals surface area contributed by atoms with E-state index in [1.54, 1.807) is 17.5 Å². The minimum atomic E-state index is -0.118. The van der Waals surface area contributed by atoms with Crippen LogP contribution in [0.3, 0.4) is 0 Å². The Kier molecular flexibility index (Phi) is 5.31. The molecule has 0 aliphatic heterocycles. The summed E-state index contributed by atoms with van der Waals surface area (Å²) in [4.78, 5) is 20.8. The van der Waals surface area contributed by atoms with Crippen molar-refractivity contribution in [2.45, 2.75) is 20.0 Å². The van der Waals surface area contributed by atoms with Crippen LogP contribution in [-0.4, -0.2) is 34.8 Å². The van der Waals surface area contributed by atoms with Crippen LogP contribution < -0.4 is 10.2 Å². The standard InChI is InChI=1S/C22H23N5OS/c1-15-11-19(22(28)23-12-16-6-8-17(9-7-16)26(2)3)20-13-24-27(21(20)25-15)14-18-5-4-10-29-18/h4-11,13H,12,14H2,1-3H3,(H,23,28). The molecule has 1 amide bonds. The van der Waals surface area contributed by atoms with Crippen LogP contribution in [0.4, 0.5) is 5.69 Å². The Hall–Kier alpha value is -3.19. The SMILES string of the molecule is Cc1cc(C(=O)NCc2ccc(N(C)C)cc2)c2cnn(Cc3cccs3)c2n1. The number of rotatable bonds is 6. The molecule has 6 nitrogen and oxygen atoms in total. The lowest BCUT2D eigenvalue weighted by Gasteiger charge is -2.13. The minimum Gasteiger partial charge on any atom is -0.378 e. The lowest BCUT2D eigenvalue weighted by atomic mass is 10.1. The van der Waals surface area contributed by atoms with Gasteiger partial charge in [-0.3, -0.25) is 4.79 Å². The number of aryl methyl sites for hydroxylation is 1. The van der Waals surface area contributed by atoms with Gasteiger partial charge in [-0.1, -0.05) is 18.2 Å². The number of carbonyl (C=O) groups is 1. The van der Waals surface area contributed by atoms with Crippen molar-refractivity contribution in [1.82, 2.24) is 20.1 Å². The van der Waals surface area contributed by atoms with Gasteiger partial charge in [-0.05, 0) is 42.1 Å². The summed E-state index contributed by atoms with van der Waals surface area (Å²) in [5, 5.41) is 10.3. The number of fused-ring (bicyclic) bond motifs is 1. The lowest BCUT2D eigenvalue weighted by Crippen LogP contribution is -2.23. The van der Waals surface area contributed by atoms with Crippen molar-refractivity contribution in [2.75, 3.05) is 19.0 Å². The van der Waals surface area contributed by atoms with Gasteiger partial charge < -0.3 is 10.2 Å². The molecular weight excluding hydrogens is 382 g/mol. The van der Waals surface area contributed by atoms with E-state index in [1.165, 1.54) is 4.88 Å². The first-order chi connectivity index (χ1) is 14.0. The lowest BCUT2D eigenvalue weighted by molar-refractivity contribution is 0.0952. The number of benzene rings is 1. The summed E-state index contributed by atoms with van der Waals surface area (Å²) < 4.78 is 1.85. The first kappa shape index (κ1) is 19.1. The third kappa shape index (κ3) is 4.14. The Balaban J connectivity index is 1.54. The maximum absolute atomic E-state index is 12.9. The third-order valence-corrected chi connectivity index (χ3v) is 5.63. The van der Waals surface area contributed by atoms with Gasteiger partial charge in [-0.2, -0.15) is 5.10 Å². The molecule has 0 saturated carbocycles. The molecule has 0 atom stereocenters. The second-order valence-electron chi connectivity index (χ2n) is 7.17. The van der Waals surface area contributed by atoms with Crippen LogP contribution in [0.15, 0.2) is 54.0 Å². The Labute approximate surface area is 173 Å². The summed E-state index contributed by atoms with van der Waals surface area (Å²) in [6, 6.07) is 14.1. The molecule has 0 fully saturated rings. The van der Waals surface area contributed by atoms with Crippen molar-refractivity contribution in [3.63, 3.8) is 0 Å². The largest absolute Gasteiger partial charge is 0.378 e. The van der Waals surface area contributed by atoms with E-state index in [-0.39, 0.29) is 5.91 Å². The van der Waals surface area contributed by atoms with E-state index < -0.39 is 0 Å². The number of carbonyl (C=O) groups excluding carboxylic acids is 1. The summed E-state index contributed by atoms with van der Waals surface area (Å²) in [5.41, 5.74) is 4.32. The number of pyridine rings is 1. The zero-order valence-corrected chi connectivity index (χ0v) is 17.5. The van der Waals surface area contributed by atoms with Gasteiger partial charge in [0.25, 0.3) is 5.91 Å². The maximum atomic E-state index is 12.9. The second kappa shape index (κ2) is 8.05. The van der Waals surface area contributed by atoms with Crippen LogP contribution in [0.25, 0.3) is 11.0 Å². The molecule has 0 unspecified atom stereocenters. The van der Waals surface area contributed by atoms with Crippen LogP contribution in [0.2, 0.25) is 0 Å². The summed E-state index contributed by atoms with van der Waals surface area (Å²) in [6.07, 6.45) is 1.73. The van der Waals surface area contributed by atoms with Crippen molar-refractivity contribution in [1.29, 1.82) is 0 Å². The molecule has 0 aliphatic rings. The Bertz CT molecular complexity index is 1130. The monoisotopic (exact) mass is 405 g/mol. The van der Waals surface area contributed by atoms with Gasteiger partial charge in [0.05, 0.1) is 23.7 Å². The fourth-order valence-corrected chi connectivity index (χ4v) is 3.90. The van der Waals surface area contributed by atoms with E-state index in [1.807, 2.05) is 72.4 Å². The molecule has 0 aliphatic carbocycles. The van der Waals surface area contributed by atoms with E-state index in [4.69, 9.17) is 0 Å². The van der Waals surface area contributed by atoms with Gasteiger partial charge in [0.1, 0.15) is 0 Å². The molecule has 1 N–H and O–H groups in total. The predicted octanol–water partition coefficient (Wildman–Crippen LogP) is 3.85. The molecule has 0 radical (unpaired) electrons. The number of hydrogen-bond donors (Lipinski definition) is 1. The molecule has 3 heterocycles. The number of aromatic nitrogens is 3. The van der Waals surface area contributed by atoms with Crippen LogP contribution in [0, 0.1) is 6.92 Å². The highest BCUT2D eigenvalue weighted by Gasteiger charge is 2.16. The van der Waals surface area contributed by atoms with E-state index in [0.717, 1.165) is 28.0 Å². The van der Waals surface area contributed by atoms with Crippen LogP contribution in [0.1, 0.15) is 26.5 Å². The topological polar surface area (TPSA) is 63.1 Å². The summed E-state index contributed by atoms with van der Waals surface area (Å²) in [5.74, 6) is -0.118. The zero-order valence-electron chi connectivity index (χ0n) is 16.7. The molecule has 4 aromatic rings. The molecule has 1 aromatic carbocycles. The molecule has 0 saturated heterocycles. The molecule has 29 heavy (non-hydrogen) atoms. The van der Waals surface area contributed by atoms with Gasteiger partial charge >= 0.3 is 0 Å². The molecule has 3 aromatic heterocycles. The number of anilines is 1. The maximum Gasteiger partial charge on any atom is 0.252 e. The summed E-state index contributed by atoms with van der Waals surface area (Å²) in [6.45, 7) is 3.02. The average molecular weight is 406 g/mol. The summed E-state index contributed by atoms with van der Waals surface area (Å²) >= 11 is 1.68. The van der Waals surface area contributed by atoms with E-state index in [0.29, 0.717) is 18.7 Å². The number of nitrogens with zero attached hydrogens (tertiary/aromatic N) is 4. The molecule has 0 spiro atoms. The van der Waals surface area contributed by atoms with Crippen LogP contribution in [-0.2, 0) is 13.1 Å². The van der Waals surface area contributed by atoms with Crippen molar-refractivity contribution < 1.29 is 4.79 Å². The van der Waals surface area contributed by atoms with Gasteiger partial charge in [-0.15, -0.1) is 11.3 Å². The normalized spacial score (nSPS) is 11.0. The van der Waals surface area contributed by atoms with Crippen LogP contribution in [0.5, 0.6) is 0 Å². The number of nitrogens with one attached hydrogen (secondary N) is 1. The molecule has 7 heteroatoms. The number of thiophene rings is 1. The minimum absolute atomic E-state index is 0.118. The third-order valence-electron chi connectivity index (χ3n) is 4.77. The molecule has 0 bridgehead atoms. The fourth-order valence-electron chi connectivity index (χ4n) is 3.22. The van der Waals surface area contributed by atoms with E-state index in [9.17, 15) is 4.79 Å². The number of amides is 1. The Morgan fingerprint density at radius 2 is 2.00 bits per heavy atom. The summed E-state index contributed by atoms with van der Waals surface area (Å²) in [7, 11) is 4.01. The van der Waals surface area contributed by atoms with Gasteiger partial charge in [0.2, 0.25) is 0 Å². The number of hydrogen-bond acceptors (Lipinski definition) is 5. The fraction of sp³-hybridized carbons (Fsp3) is 0.227. The quantitative estimate of drug-likeness (QED) is 0.529. The Morgan fingerprint density at radius 3 is 2.69 bits per heavy atom. The van der Waals surface area contributed by atoms with E-state index >= 15 is 0 Å². The predicted molar refractivity (Wildman–Crippen MR) is 118 cm³/mol. The van der Waals surface area contributed by atoms with Crippen molar-refractivity contribution in [2.24, 2.45) is 0 Å². The zero-order chi connectivity index (χ0) is 20.4. The van der Waals surface area contributed by atoms with Gasteiger partial charge in [-0.25, -0.2) is 9.67 Å². The first-order valence-electron chi connectivity index (χ1n) is 9.41. The highest BCUT2D eigenvalue weighted by Crippen LogP contribution is 2.21.